The van der Waals surface area contributed by atoms with E-state index >= 15 is 0 Å². The van der Waals surface area contributed by atoms with Crippen LogP contribution in [-0.4, -0.2) is 46.0 Å². The second-order valence-electron chi connectivity index (χ2n) is 3.83. The Morgan fingerprint density at radius 2 is 2.20 bits per heavy atom. The lowest BCUT2D eigenvalue weighted by molar-refractivity contribution is -0.126. The van der Waals surface area contributed by atoms with Gasteiger partial charge in [0.2, 0.25) is 11.8 Å². The molecule has 0 saturated heterocycles. The van der Waals surface area contributed by atoms with Gasteiger partial charge in [-0.2, -0.15) is 0 Å². The number of ether oxygens (including phenoxy) is 1. The van der Waals surface area contributed by atoms with E-state index in [2.05, 4.69) is 21.0 Å². The molecule has 0 spiro atoms. The van der Waals surface area contributed by atoms with Gasteiger partial charge >= 0.3 is 5.69 Å². The van der Waals surface area contributed by atoms with Crippen LogP contribution >= 0.6 is 11.8 Å². The summed E-state index contributed by atoms with van der Waals surface area (Å²) in [6.45, 7) is 2.28. The topological polar surface area (TPSA) is 118 Å². The Morgan fingerprint density at radius 1 is 1.45 bits per heavy atom. The van der Waals surface area contributed by atoms with Crippen molar-refractivity contribution in [3.8, 4) is 0 Å². The average molecular weight is 303 g/mol. The monoisotopic (exact) mass is 303 g/mol. The summed E-state index contributed by atoms with van der Waals surface area (Å²) in [4.78, 5) is 33.6. The molecule has 0 aliphatic rings. The molecule has 1 heterocycles. The number of aromatic nitrogens is 3. The van der Waals surface area contributed by atoms with E-state index in [-0.39, 0.29) is 23.3 Å². The molecule has 20 heavy (non-hydrogen) atoms. The quantitative estimate of drug-likeness (QED) is 0.333. The van der Waals surface area contributed by atoms with Crippen LogP contribution in [0.25, 0.3) is 0 Å². The minimum Gasteiger partial charge on any atom is -0.385 e. The number of methoxy groups -OCH3 is 1. The fraction of sp³-hybridized carbons (Fsp3) is 0.600. The van der Waals surface area contributed by atoms with Gasteiger partial charge in [0.15, 0.2) is 5.16 Å². The Balaban J connectivity index is 2.49. The predicted molar refractivity (Wildman–Crippen MR) is 72.0 cm³/mol. The van der Waals surface area contributed by atoms with Gasteiger partial charge in [-0.15, -0.1) is 5.10 Å². The zero-order valence-electron chi connectivity index (χ0n) is 11.3. The van der Waals surface area contributed by atoms with E-state index in [1.165, 1.54) is 11.5 Å². The molecule has 2 amide bonds. The van der Waals surface area contributed by atoms with E-state index in [0.717, 1.165) is 11.8 Å². The Bertz CT molecular complexity index is 512. The van der Waals surface area contributed by atoms with Crippen molar-refractivity contribution in [3.63, 3.8) is 0 Å². The fourth-order valence-corrected chi connectivity index (χ4v) is 2.07. The number of nitrogens with one attached hydrogen (secondary N) is 3. The van der Waals surface area contributed by atoms with Gasteiger partial charge in [-0.05, 0) is 6.42 Å². The molecule has 0 aliphatic heterocycles. The number of rotatable bonds is 7. The number of nitrogens with zero attached hydrogens (tertiary/aromatic N) is 2. The van der Waals surface area contributed by atoms with Crippen molar-refractivity contribution in [2.45, 2.75) is 25.0 Å². The number of H-pyrrole nitrogens is 1. The normalized spacial score (nSPS) is 10.3. The van der Waals surface area contributed by atoms with Gasteiger partial charge in [0.25, 0.3) is 0 Å². The first-order valence-electron chi connectivity index (χ1n) is 5.87. The van der Waals surface area contributed by atoms with E-state index < -0.39 is 0 Å². The molecule has 1 rings (SSSR count). The predicted octanol–water partition coefficient (Wildman–Crippen LogP) is -1.13. The standard InChI is InChI=1S/C10H17N5O4S/c1-7(16)11-12-8(17)6-20-10-14-13-9(18)15(10)4-3-5-19-2/h3-6H2,1-2H3,(H,11,16)(H,12,17)(H,13,18). The first-order chi connectivity index (χ1) is 9.54. The van der Waals surface area contributed by atoms with Crippen LogP contribution in [0.15, 0.2) is 9.95 Å². The zero-order chi connectivity index (χ0) is 15.0. The smallest absolute Gasteiger partial charge is 0.343 e. The molecule has 0 bridgehead atoms. The summed E-state index contributed by atoms with van der Waals surface area (Å²) in [6, 6.07) is 0. The van der Waals surface area contributed by atoms with Gasteiger partial charge < -0.3 is 4.74 Å². The molecule has 10 heteroatoms. The van der Waals surface area contributed by atoms with Crippen LogP contribution in [0.2, 0.25) is 0 Å². The lowest BCUT2D eigenvalue weighted by Crippen LogP contribution is -2.41. The van der Waals surface area contributed by atoms with E-state index in [0.29, 0.717) is 24.7 Å². The van der Waals surface area contributed by atoms with Crippen LogP contribution in [0.3, 0.4) is 0 Å². The molecule has 0 unspecified atom stereocenters. The number of hydrogen-bond acceptors (Lipinski definition) is 6. The molecule has 112 valence electrons. The summed E-state index contributed by atoms with van der Waals surface area (Å²) in [5.74, 6) is -0.710. The molecule has 0 radical (unpaired) electrons. The largest absolute Gasteiger partial charge is 0.385 e. The zero-order valence-corrected chi connectivity index (χ0v) is 12.1. The highest BCUT2D eigenvalue weighted by molar-refractivity contribution is 7.99. The Hall–Kier alpha value is -1.81. The van der Waals surface area contributed by atoms with Gasteiger partial charge in [0.1, 0.15) is 0 Å². The van der Waals surface area contributed by atoms with E-state index in [1.54, 1.807) is 7.11 Å². The second kappa shape index (κ2) is 8.38. The second-order valence-corrected chi connectivity index (χ2v) is 4.77. The molecule has 0 atom stereocenters. The summed E-state index contributed by atoms with van der Waals surface area (Å²) in [5.41, 5.74) is 4.08. The molecular formula is C10H17N5O4S. The van der Waals surface area contributed by atoms with Crippen LogP contribution in [0.1, 0.15) is 13.3 Å². The van der Waals surface area contributed by atoms with E-state index in [9.17, 15) is 14.4 Å². The average Bonchev–Trinajstić information content (AvgIpc) is 2.75. The van der Waals surface area contributed by atoms with Crippen molar-refractivity contribution < 1.29 is 14.3 Å². The highest BCUT2D eigenvalue weighted by atomic mass is 32.2. The Morgan fingerprint density at radius 3 is 2.85 bits per heavy atom. The fourth-order valence-electron chi connectivity index (χ4n) is 1.30. The molecule has 0 fully saturated rings. The van der Waals surface area contributed by atoms with Crippen LogP contribution in [0, 0.1) is 0 Å². The maximum absolute atomic E-state index is 11.5. The van der Waals surface area contributed by atoms with E-state index in [4.69, 9.17) is 4.74 Å². The van der Waals surface area contributed by atoms with Crippen LogP contribution in [-0.2, 0) is 20.9 Å². The third-order valence-corrected chi connectivity index (χ3v) is 3.14. The van der Waals surface area contributed by atoms with Crippen molar-refractivity contribution >= 4 is 23.6 Å². The lowest BCUT2D eigenvalue weighted by Gasteiger charge is -2.06. The SMILES string of the molecule is COCCCn1c(SCC(=O)NNC(C)=O)n[nH]c1=O. The number of thioether (sulfide) groups is 1. The van der Waals surface area contributed by atoms with Gasteiger partial charge in [0, 0.05) is 27.2 Å². The summed E-state index contributed by atoms with van der Waals surface area (Å²) in [7, 11) is 1.58. The number of hydrazine groups is 1. The minimum atomic E-state index is -0.385. The number of aromatic amines is 1. The van der Waals surface area contributed by atoms with Crippen molar-refractivity contribution in [2.75, 3.05) is 19.5 Å². The molecule has 0 saturated carbocycles. The maximum atomic E-state index is 11.5. The summed E-state index contributed by atoms with van der Waals surface area (Å²) >= 11 is 1.10. The third kappa shape index (κ3) is 5.45. The van der Waals surface area contributed by atoms with Crippen LogP contribution < -0.4 is 16.5 Å². The van der Waals surface area contributed by atoms with Gasteiger partial charge in [-0.3, -0.25) is 25.0 Å². The Labute approximate surface area is 119 Å². The third-order valence-electron chi connectivity index (χ3n) is 2.16. The molecule has 1 aromatic rings. The van der Waals surface area contributed by atoms with Gasteiger partial charge in [0.05, 0.1) is 5.75 Å². The number of carbonyl (C=O) groups excluding carboxylic acids is 2. The summed E-state index contributed by atoms with van der Waals surface area (Å²) in [6.07, 6.45) is 0.668. The summed E-state index contributed by atoms with van der Waals surface area (Å²) < 4.78 is 6.36. The summed E-state index contributed by atoms with van der Waals surface area (Å²) in [5, 5.41) is 6.59. The molecule has 9 nitrogen and oxygen atoms in total. The highest BCUT2D eigenvalue weighted by Crippen LogP contribution is 2.12. The highest BCUT2D eigenvalue weighted by Gasteiger charge is 2.11. The van der Waals surface area contributed by atoms with Crippen molar-refractivity contribution in [1.29, 1.82) is 0 Å². The first kappa shape index (κ1) is 16.2. The molecule has 1 aromatic heterocycles. The molecule has 0 aromatic carbocycles. The number of amides is 2. The maximum Gasteiger partial charge on any atom is 0.343 e. The molecule has 0 aliphatic carbocycles. The lowest BCUT2D eigenvalue weighted by atomic mass is 10.4. The number of hydrogen-bond donors (Lipinski definition) is 3. The Kier molecular flexibility index (Phi) is 6.81. The van der Waals surface area contributed by atoms with Crippen molar-refractivity contribution in [1.82, 2.24) is 25.6 Å². The van der Waals surface area contributed by atoms with Crippen molar-refractivity contribution in [3.05, 3.63) is 10.5 Å². The van der Waals surface area contributed by atoms with Gasteiger partial charge in [-0.1, -0.05) is 11.8 Å². The van der Waals surface area contributed by atoms with Crippen LogP contribution in [0.5, 0.6) is 0 Å². The molecule has 3 N–H and O–H groups in total. The first-order valence-corrected chi connectivity index (χ1v) is 6.85. The molecular weight excluding hydrogens is 286 g/mol. The minimum absolute atomic E-state index is 0.0366. The van der Waals surface area contributed by atoms with E-state index in [1.807, 2.05) is 0 Å². The van der Waals surface area contributed by atoms with Gasteiger partial charge in [-0.25, -0.2) is 9.89 Å². The van der Waals surface area contributed by atoms with Crippen LogP contribution in [0.4, 0.5) is 0 Å². The van der Waals surface area contributed by atoms with Crippen molar-refractivity contribution in [2.24, 2.45) is 0 Å². The number of carbonyl (C=O) groups is 2.